The molecule has 0 spiro atoms. The summed E-state index contributed by atoms with van der Waals surface area (Å²) in [5, 5.41) is 0. The van der Waals surface area contributed by atoms with E-state index in [1.807, 2.05) is 6.07 Å². The number of carbonyl (C=O) groups excluding carboxylic acids is 1. The quantitative estimate of drug-likeness (QED) is 0.812. The SMILES string of the molecule is NC(=O)/C=C/c1ccc(N2CCCC2)cc1F. The standard InChI is InChI=1S/C13H15FN2O/c14-12-9-11(16-7-1-2-8-16)5-3-10(12)4-6-13(15)17/h3-6,9H,1-2,7-8H2,(H2,15,17)/b6-4+. The lowest BCUT2D eigenvalue weighted by atomic mass is 10.1. The Morgan fingerprint density at radius 3 is 2.65 bits per heavy atom. The fourth-order valence-corrected chi connectivity index (χ4v) is 2.00. The predicted octanol–water partition coefficient (Wildman–Crippen LogP) is 1.92. The molecule has 2 rings (SSSR count). The van der Waals surface area contributed by atoms with Gasteiger partial charge in [-0.3, -0.25) is 4.79 Å². The number of amides is 1. The van der Waals surface area contributed by atoms with Crippen LogP contribution in [0.25, 0.3) is 6.08 Å². The number of carbonyl (C=O) groups is 1. The molecule has 1 aromatic rings. The smallest absolute Gasteiger partial charge is 0.241 e. The molecule has 0 unspecified atom stereocenters. The number of anilines is 1. The summed E-state index contributed by atoms with van der Waals surface area (Å²) in [7, 11) is 0. The lowest BCUT2D eigenvalue weighted by Gasteiger charge is -2.17. The number of nitrogens with zero attached hydrogens (tertiary/aromatic N) is 1. The maximum atomic E-state index is 13.7. The summed E-state index contributed by atoms with van der Waals surface area (Å²) in [5.41, 5.74) is 6.24. The molecule has 4 heteroatoms. The maximum absolute atomic E-state index is 13.7. The van der Waals surface area contributed by atoms with Crippen molar-refractivity contribution in [2.45, 2.75) is 12.8 Å². The summed E-state index contributed by atoms with van der Waals surface area (Å²) in [4.78, 5) is 12.7. The van der Waals surface area contributed by atoms with Crippen molar-refractivity contribution in [2.24, 2.45) is 5.73 Å². The number of benzene rings is 1. The lowest BCUT2D eigenvalue weighted by molar-refractivity contribution is -0.113. The monoisotopic (exact) mass is 234 g/mol. The first-order valence-electron chi connectivity index (χ1n) is 5.69. The minimum absolute atomic E-state index is 0.327. The first-order valence-corrected chi connectivity index (χ1v) is 5.69. The molecule has 1 saturated heterocycles. The molecule has 0 radical (unpaired) electrons. The van der Waals surface area contributed by atoms with Gasteiger partial charge in [0, 0.05) is 30.4 Å². The second-order valence-electron chi connectivity index (χ2n) is 4.14. The molecule has 0 saturated carbocycles. The summed E-state index contributed by atoms with van der Waals surface area (Å²) in [6, 6.07) is 5.05. The molecule has 2 N–H and O–H groups in total. The third-order valence-electron chi connectivity index (χ3n) is 2.88. The van der Waals surface area contributed by atoms with E-state index in [0.29, 0.717) is 5.56 Å². The lowest BCUT2D eigenvalue weighted by Crippen LogP contribution is -2.17. The van der Waals surface area contributed by atoms with Gasteiger partial charge in [-0.25, -0.2) is 4.39 Å². The Morgan fingerprint density at radius 2 is 2.06 bits per heavy atom. The second kappa shape index (κ2) is 4.99. The van der Waals surface area contributed by atoms with Gasteiger partial charge in [0.05, 0.1) is 0 Å². The molecule has 1 aromatic carbocycles. The largest absolute Gasteiger partial charge is 0.371 e. The summed E-state index contributed by atoms with van der Waals surface area (Å²) < 4.78 is 13.7. The van der Waals surface area contributed by atoms with E-state index in [9.17, 15) is 9.18 Å². The van der Waals surface area contributed by atoms with Gasteiger partial charge in [0.2, 0.25) is 5.91 Å². The zero-order valence-electron chi connectivity index (χ0n) is 9.53. The van der Waals surface area contributed by atoms with Gasteiger partial charge < -0.3 is 10.6 Å². The van der Waals surface area contributed by atoms with Crippen molar-refractivity contribution in [1.82, 2.24) is 0 Å². The molecule has 1 aliphatic rings. The fraction of sp³-hybridized carbons (Fsp3) is 0.308. The normalized spacial score (nSPS) is 15.7. The van der Waals surface area contributed by atoms with Crippen molar-refractivity contribution in [3.8, 4) is 0 Å². The molecular weight excluding hydrogens is 219 g/mol. The van der Waals surface area contributed by atoms with Gasteiger partial charge in [-0.15, -0.1) is 0 Å². The minimum Gasteiger partial charge on any atom is -0.371 e. The van der Waals surface area contributed by atoms with E-state index in [1.54, 1.807) is 6.07 Å². The molecular formula is C13H15FN2O. The fourth-order valence-electron chi connectivity index (χ4n) is 2.00. The number of halogens is 1. The van der Waals surface area contributed by atoms with Gasteiger partial charge in [0.1, 0.15) is 5.82 Å². The van der Waals surface area contributed by atoms with E-state index in [-0.39, 0.29) is 5.82 Å². The molecule has 17 heavy (non-hydrogen) atoms. The van der Waals surface area contributed by atoms with E-state index < -0.39 is 5.91 Å². The summed E-state index contributed by atoms with van der Waals surface area (Å²) >= 11 is 0. The van der Waals surface area contributed by atoms with Gasteiger partial charge in [-0.2, -0.15) is 0 Å². The first kappa shape index (κ1) is 11.6. The molecule has 0 aliphatic carbocycles. The van der Waals surface area contributed by atoms with Crippen LogP contribution in [-0.2, 0) is 4.79 Å². The molecule has 90 valence electrons. The van der Waals surface area contributed by atoms with Crippen LogP contribution < -0.4 is 10.6 Å². The van der Waals surface area contributed by atoms with E-state index in [0.717, 1.165) is 37.7 Å². The second-order valence-corrected chi connectivity index (χ2v) is 4.14. The van der Waals surface area contributed by atoms with E-state index >= 15 is 0 Å². The Morgan fingerprint density at radius 1 is 1.35 bits per heavy atom. The van der Waals surface area contributed by atoms with Gasteiger partial charge in [0.15, 0.2) is 0 Å². The van der Waals surface area contributed by atoms with Crippen LogP contribution in [0.2, 0.25) is 0 Å². The summed E-state index contributed by atoms with van der Waals surface area (Å²) in [6.45, 7) is 1.96. The van der Waals surface area contributed by atoms with Crippen molar-refractivity contribution < 1.29 is 9.18 Å². The number of hydrogen-bond donors (Lipinski definition) is 1. The molecule has 1 aliphatic heterocycles. The molecule has 0 aromatic heterocycles. The van der Waals surface area contributed by atoms with Crippen LogP contribution in [0.1, 0.15) is 18.4 Å². The van der Waals surface area contributed by atoms with Crippen LogP contribution in [0.5, 0.6) is 0 Å². The number of primary amides is 1. The Labute approximate surface area is 99.7 Å². The summed E-state index contributed by atoms with van der Waals surface area (Å²) in [5.74, 6) is -0.903. The molecule has 1 heterocycles. The third-order valence-corrected chi connectivity index (χ3v) is 2.88. The third kappa shape index (κ3) is 2.84. The van der Waals surface area contributed by atoms with Crippen LogP contribution in [0.3, 0.4) is 0 Å². The van der Waals surface area contributed by atoms with E-state index in [1.165, 1.54) is 12.1 Å². The molecule has 0 bridgehead atoms. The molecule has 1 fully saturated rings. The highest BCUT2D eigenvalue weighted by molar-refractivity contribution is 5.90. The minimum atomic E-state index is -0.576. The van der Waals surface area contributed by atoms with E-state index in [4.69, 9.17) is 5.73 Å². The number of rotatable bonds is 3. The van der Waals surface area contributed by atoms with Gasteiger partial charge in [0.25, 0.3) is 0 Å². The zero-order valence-corrected chi connectivity index (χ0v) is 9.53. The van der Waals surface area contributed by atoms with Crippen LogP contribution in [0.4, 0.5) is 10.1 Å². The van der Waals surface area contributed by atoms with Gasteiger partial charge in [-0.05, 0) is 37.1 Å². The van der Waals surface area contributed by atoms with Gasteiger partial charge in [-0.1, -0.05) is 0 Å². The van der Waals surface area contributed by atoms with Crippen LogP contribution >= 0.6 is 0 Å². The van der Waals surface area contributed by atoms with Crippen molar-refractivity contribution in [2.75, 3.05) is 18.0 Å². The highest BCUT2D eigenvalue weighted by atomic mass is 19.1. The van der Waals surface area contributed by atoms with Crippen molar-refractivity contribution >= 4 is 17.7 Å². The number of hydrogen-bond acceptors (Lipinski definition) is 2. The Balaban J connectivity index is 2.19. The van der Waals surface area contributed by atoms with Crippen LogP contribution in [-0.4, -0.2) is 19.0 Å². The molecule has 3 nitrogen and oxygen atoms in total. The topological polar surface area (TPSA) is 46.3 Å². The Hall–Kier alpha value is -1.84. The van der Waals surface area contributed by atoms with Crippen molar-refractivity contribution in [3.05, 3.63) is 35.7 Å². The Bertz CT molecular complexity index is 451. The van der Waals surface area contributed by atoms with Gasteiger partial charge >= 0.3 is 0 Å². The first-order chi connectivity index (χ1) is 8.16. The van der Waals surface area contributed by atoms with Crippen LogP contribution in [0, 0.1) is 5.82 Å². The van der Waals surface area contributed by atoms with Crippen molar-refractivity contribution in [1.29, 1.82) is 0 Å². The predicted molar refractivity (Wildman–Crippen MR) is 66.1 cm³/mol. The highest BCUT2D eigenvalue weighted by Crippen LogP contribution is 2.23. The maximum Gasteiger partial charge on any atom is 0.241 e. The Kier molecular flexibility index (Phi) is 3.42. The molecule has 1 amide bonds. The van der Waals surface area contributed by atoms with Crippen molar-refractivity contribution in [3.63, 3.8) is 0 Å². The van der Waals surface area contributed by atoms with Crippen LogP contribution in [0.15, 0.2) is 24.3 Å². The van der Waals surface area contributed by atoms with E-state index in [2.05, 4.69) is 4.90 Å². The number of nitrogens with two attached hydrogens (primary N) is 1. The average Bonchev–Trinajstić information content (AvgIpc) is 2.80. The zero-order chi connectivity index (χ0) is 12.3. The summed E-state index contributed by atoms with van der Waals surface area (Å²) in [6.07, 6.45) is 4.87. The highest BCUT2D eigenvalue weighted by Gasteiger charge is 2.13. The molecule has 0 atom stereocenters. The average molecular weight is 234 g/mol.